The van der Waals surface area contributed by atoms with Crippen LogP contribution < -0.4 is 5.32 Å². The zero-order valence-electron chi connectivity index (χ0n) is 12.3. The van der Waals surface area contributed by atoms with E-state index in [0.29, 0.717) is 6.04 Å². The molecule has 0 aromatic carbocycles. The first-order valence-corrected chi connectivity index (χ1v) is 7.16. The van der Waals surface area contributed by atoms with Crippen LogP contribution in [0, 0.1) is 0 Å². The highest BCUT2D eigenvalue weighted by molar-refractivity contribution is 5.30. The number of nitrogens with zero attached hydrogens (tertiary/aromatic N) is 4. The van der Waals surface area contributed by atoms with Gasteiger partial charge in [0.15, 0.2) is 0 Å². The van der Waals surface area contributed by atoms with Gasteiger partial charge < -0.3 is 10.2 Å². The molecule has 1 saturated heterocycles. The fourth-order valence-corrected chi connectivity index (χ4v) is 2.40. The summed E-state index contributed by atoms with van der Waals surface area (Å²) in [5.74, 6) is 0.872. The quantitative estimate of drug-likeness (QED) is 0.871. The molecule has 5 heteroatoms. The van der Waals surface area contributed by atoms with Crippen LogP contribution in [-0.2, 0) is 6.54 Å². The Morgan fingerprint density at radius 3 is 2.79 bits per heavy atom. The van der Waals surface area contributed by atoms with Crippen molar-refractivity contribution in [1.82, 2.24) is 19.8 Å². The van der Waals surface area contributed by atoms with E-state index in [1.165, 1.54) is 0 Å². The van der Waals surface area contributed by atoms with Crippen molar-refractivity contribution in [2.45, 2.75) is 32.9 Å². The van der Waals surface area contributed by atoms with Crippen molar-refractivity contribution >= 4 is 5.82 Å². The number of likely N-dealkylation sites (N-methyl/N-ethyl adjacent to an activating group) is 1. The van der Waals surface area contributed by atoms with Crippen molar-refractivity contribution < 1.29 is 0 Å². The zero-order valence-corrected chi connectivity index (χ0v) is 12.3. The van der Waals surface area contributed by atoms with Gasteiger partial charge in [0.1, 0.15) is 5.82 Å². The van der Waals surface area contributed by atoms with Gasteiger partial charge in [-0.15, -0.1) is 0 Å². The Balaban J connectivity index is 1.88. The van der Waals surface area contributed by atoms with E-state index in [9.17, 15) is 0 Å². The van der Waals surface area contributed by atoms with E-state index in [2.05, 4.69) is 46.0 Å². The van der Waals surface area contributed by atoms with Crippen LogP contribution in [0.4, 0.5) is 5.82 Å². The summed E-state index contributed by atoms with van der Waals surface area (Å²) in [7, 11) is 2.18. The summed E-state index contributed by atoms with van der Waals surface area (Å²) in [4.78, 5) is 13.8. The average molecular weight is 263 g/mol. The zero-order chi connectivity index (χ0) is 13.7. The number of anilines is 1. The lowest BCUT2D eigenvalue weighted by Crippen LogP contribution is -2.49. The smallest absolute Gasteiger partial charge is 0.144 e. The van der Waals surface area contributed by atoms with Crippen molar-refractivity contribution in [3.63, 3.8) is 0 Å². The van der Waals surface area contributed by atoms with Gasteiger partial charge in [0.05, 0.1) is 18.1 Å². The van der Waals surface area contributed by atoms with Crippen LogP contribution in [0.25, 0.3) is 0 Å². The molecule has 19 heavy (non-hydrogen) atoms. The molecule has 1 unspecified atom stereocenters. The third-order valence-electron chi connectivity index (χ3n) is 3.59. The minimum atomic E-state index is 0.582. The lowest BCUT2D eigenvalue weighted by atomic mass is 10.2. The van der Waals surface area contributed by atoms with E-state index >= 15 is 0 Å². The van der Waals surface area contributed by atoms with Crippen LogP contribution in [0.5, 0.6) is 0 Å². The van der Waals surface area contributed by atoms with Crippen molar-refractivity contribution in [3.8, 4) is 0 Å². The number of hydrogen-bond acceptors (Lipinski definition) is 5. The van der Waals surface area contributed by atoms with Crippen LogP contribution in [0.2, 0.25) is 0 Å². The van der Waals surface area contributed by atoms with Crippen LogP contribution >= 0.6 is 0 Å². The van der Waals surface area contributed by atoms with Crippen molar-refractivity contribution in [1.29, 1.82) is 0 Å². The molecule has 1 N–H and O–H groups in total. The molecule has 1 atom stereocenters. The molecule has 1 aromatic heterocycles. The largest absolute Gasteiger partial charge is 0.369 e. The molecule has 0 amide bonds. The van der Waals surface area contributed by atoms with Crippen molar-refractivity contribution in [2.24, 2.45) is 0 Å². The van der Waals surface area contributed by atoms with Gasteiger partial charge in [-0.2, -0.15) is 0 Å². The highest BCUT2D eigenvalue weighted by Crippen LogP contribution is 2.11. The second kappa shape index (κ2) is 6.82. The first-order chi connectivity index (χ1) is 9.19. The van der Waals surface area contributed by atoms with Gasteiger partial charge in [-0.05, 0) is 20.4 Å². The van der Waals surface area contributed by atoms with Crippen LogP contribution in [0.3, 0.4) is 0 Å². The Morgan fingerprint density at radius 1 is 1.32 bits per heavy atom. The molecular formula is C14H25N5. The summed E-state index contributed by atoms with van der Waals surface area (Å²) in [6, 6.07) is 0.582. The molecule has 106 valence electrons. The minimum absolute atomic E-state index is 0.582. The molecule has 2 rings (SSSR count). The molecule has 0 radical (unpaired) electrons. The Morgan fingerprint density at radius 2 is 2.16 bits per heavy atom. The second-order valence-electron chi connectivity index (χ2n) is 5.40. The molecule has 0 aliphatic carbocycles. The molecule has 1 aromatic rings. The van der Waals surface area contributed by atoms with Gasteiger partial charge in [-0.25, -0.2) is 4.98 Å². The summed E-state index contributed by atoms with van der Waals surface area (Å²) in [6.45, 7) is 9.63. The SMILES string of the molecule is CCCNc1cnc(CN2CCN(C)CC2C)cn1. The van der Waals surface area contributed by atoms with E-state index < -0.39 is 0 Å². The van der Waals surface area contributed by atoms with Gasteiger partial charge in [0, 0.05) is 38.8 Å². The van der Waals surface area contributed by atoms with E-state index in [1.807, 2.05) is 12.4 Å². The first-order valence-electron chi connectivity index (χ1n) is 7.16. The summed E-state index contributed by atoms with van der Waals surface area (Å²) in [5.41, 5.74) is 1.05. The summed E-state index contributed by atoms with van der Waals surface area (Å²) >= 11 is 0. The molecule has 1 fully saturated rings. The number of rotatable bonds is 5. The highest BCUT2D eigenvalue weighted by atomic mass is 15.3. The van der Waals surface area contributed by atoms with Crippen LogP contribution in [0.1, 0.15) is 26.0 Å². The first kappa shape index (κ1) is 14.2. The second-order valence-corrected chi connectivity index (χ2v) is 5.40. The molecule has 0 saturated carbocycles. The molecule has 5 nitrogen and oxygen atoms in total. The van der Waals surface area contributed by atoms with E-state index in [0.717, 1.165) is 50.7 Å². The lowest BCUT2D eigenvalue weighted by molar-refractivity contribution is 0.0926. The average Bonchev–Trinajstić information content (AvgIpc) is 2.41. The third-order valence-corrected chi connectivity index (χ3v) is 3.59. The van der Waals surface area contributed by atoms with Crippen LogP contribution in [0.15, 0.2) is 12.4 Å². The maximum Gasteiger partial charge on any atom is 0.144 e. The Labute approximate surface area is 116 Å². The summed E-state index contributed by atoms with van der Waals surface area (Å²) in [5, 5.41) is 3.25. The van der Waals surface area contributed by atoms with Gasteiger partial charge >= 0.3 is 0 Å². The topological polar surface area (TPSA) is 44.3 Å². The van der Waals surface area contributed by atoms with Gasteiger partial charge in [-0.3, -0.25) is 9.88 Å². The predicted molar refractivity (Wildman–Crippen MR) is 78.2 cm³/mol. The van der Waals surface area contributed by atoms with Crippen LogP contribution in [-0.4, -0.2) is 59.0 Å². The van der Waals surface area contributed by atoms with Gasteiger partial charge in [0.2, 0.25) is 0 Å². The molecule has 1 aliphatic rings. The molecule has 0 spiro atoms. The fraction of sp³-hybridized carbons (Fsp3) is 0.714. The minimum Gasteiger partial charge on any atom is -0.369 e. The Kier molecular flexibility index (Phi) is 5.10. The maximum atomic E-state index is 4.50. The molecule has 2 heterocycles. The number of nitrogens with one attached hydrogen (secondary N) is 1. The number of piperazine rings is 1. The summed E-state index contributed by atoms with van der Waals surface area (Å²) in [6.07, 6.45) is 4.83. The van der Waals surface area contributed by atoms with Crippen molar-refractivity contribution in [3.05, 3.63) is 18.1 Å². The normalized spacial score (nSPS) is 21.5. The Hall–Kier alpha value is -1.20. The van der Waals surface area contributed by atoms with Gasteiger partial charge in [0.25, 0.3) is 0 Å². The number of aromatic nitrogens is 2. The van der Waals surface area contributed by atoms with E-state index in [4.69, 9.17) is 0 Å². The van der Waals surface area contributed by atoms with E-state index in [-0.39, 0.29) is 0 Å². The maximum absolute atomic E-state index is 4.50. The monoisotopic (exact) mass is 263 g/mol. The third kappa shape index (κ3) is 4.14. The summed E-state index contributed by atoms with van der Waals surface area (Å²) < 4.78 is 0. The van der Waals surface area contributed by atoms with E-state index in [1.54, 1.807) is 0 Å². The lowest BCUT2D eigenvalue weighted by Gasteiger charge is -2.37. The predicted octanol–water partition coefficient (Wildman–Crippen LogP) is 1.43. The van der Waals surface area contributed by atoms with Crippen molar-refractivity contribution in [2.75, 3.05) is 38.5 Å². The molecule has 1 aliphatic heterocycles. The fourth-order valence-electron chi connectivity index (χ4n) is 2.40. The standard InChI is InChI=1S/C14H25N5/c1-4-5-15-14-9-16-13(8-17-14)11-19-7-6-18(3)10-12(19)2/h8-9,12H,4-7,10-11H2,1-3H3,(H,15,17). The molecular weight excluding hydrogens is 238 g/mol. The molecule has 0 bridgehead atoms. The highest BCUT2D eigenvalue weighted by Gasteiger charge is 2.21. The Bertz CT molecular complexity index is 378. The van der Waals surface area contributed by atoms with Gasteiger partial charge in [-0.1, -0.05) is 6.92 Å². The number of hydrogen-bond donors (Lipinski definition) is 1.